The number of carbonyl (C=O) groups is 4. The Balaban J connectivity index is 0.000000192. The molecule has 6 fully saturated rings. The molecule has 10 rings (SSSR count). The topological polar surface area (TPSA) is 165 Å². The fourth-order valence-corrected chi connectivity index (χ4v) is 11.0. The van der Waals surface area contributed by atoms with Gasteiger partial charge in [-0.25, -0.2) is 9.59 Å². The molecule has 4 N–H and O–H groups in total. The molecule has 0 bridgehead atoms. The number of terminal acetylenes is 1. The zero-order valence-electron chi connectivity index (χ0n) is 41.5. The van der Waals surface area contributed by atoms with Gasteiger partial charge in [-0.15, -0.1) is 6.42 Å². The van der Waals surface area contributed by atoms with Gasteiger partial charge < -0.3 is 40.5 Å². The van der Waals surface area contributed by atoms with Crippen LogP contribution in [-0.4, -0.2) is 98.4 Å². The fraction of sp³-hybridized carbons (Fsp3) is 0.483. The van der Waals surface area contributed by atoms with Crippen LogP contribution in [0.2, 0.25) is 0 Å². The van der Waals surface area contributed by atoms with Crippen molar-refractivity contribution in [1.82, 2.24) is 20.4 Å². The normalized spacial score (nSPS) is 20.1. The molecule has 13 heteroatoms. The lowest BCUT2D eigenvalue weighted by atomic mass is 9.79. The van der Waals surface area contributed by atoms with Gasteiger partial charge in [-0.05, 0) is 172 Å². The second kappa shape index (κ2) is 25.3. The monoisotopic (exact) mass is 988 g/mol. The molecule has 4 saturated heterocycles. The van der Waals surface area contributed by atoms with E-state index < -0.39 is 0 Å². The van der Waals surface area contributed by atoms with Crippen LogP contribution in [0.3, 0.4) is 0 Å². The minimum atomic E-state index is -0.251. The highest BCUT2D eigenvalue weighted by atomic mass is 16.5. The molecule has 0 radical (unpaired) electrons. The molecule has 4 aromatic carbocycles. The maximum Gasteiger partial charge on any atom is 0.319 e. The van der Waals surface area contributed by atoms with E-state index in [1.807, 2.05) is 82.6 Å². The molecule has 13 nitrogen and oxygen atoms in total. The third kappa shape index (κ3) is 13.5. The van der Waals surface area contributed by atoms with Gasteiger partial charge in [0.1, 0.15) is 0 Å². The maximum atomic E-state index is 13.4. The van der Waals surface area contributed by atoms with Crippen molar-refractivity contribution in [2.24, 2.45) is 0 Å². The number of piperidine rings is 2. The van der Waals surface area contributed by atoms with Gasteiger partial charge in [-0.3, -0.25) is 9.59 Å². The van der Waals surface area contributed by atoms with E-state index in [0.717, 1.165) is 131 Å². The summed E-state index contributed by atoms with van der Waals surface area (Å²) < 4.78 is 11.2. The smallest absolute Gasteiger partial charge is 0.319 e. The van der Waals surface area contributed by atoms with Gasteiger partial charge >= 0.3 is 12.1 Å². The van der Waals surface area contributed by atoms with Crippen LogP contribution in [0.25, 0.3) is 0 Å². The number of amides is 6. The minimum Gasteiger partial charge on any atom is -0.376 e. The van der Waals surface area contributed by atoms with E-state index in [1.165, 1.54) is 24.0 Å². The largest absolute Gasteiger partial charge is 0.376 e. The lowest BCUT2D eigenvalue weighted by Gasteiger charge is -2.33. The van der Waals surface area contributed by atoms with Gasteiger partial charge in [0.15, 0.2) is 0 Å². The van der Waals surface area contributed by atoms with Crippen LogP contribution >= 0.6 is 0 Å². The third-order valence-electron chi connectivity index (χ3n) is 15.8. The van der Waals surface area contributed by atoms with Crippen molar-refractivity contribution in [3.8, 4) is 18.4 Å². The quantitative estimate of drug-likeness (QED) is 0.103. The summed E-state index contributed by atoms with van der Waals surface area (Å²) in [4.78, 5) is 55.9. The molecular weight excluding hydrogens is 915 g/mol. The van der Waals surface area contributed by atoms with E-state index in [-0.39, 0.29) is 43.5 Å². The van der Waals surface area contributed by atoms with E-state index >= 15 is 0 Å². The number of nitrogens with zero attached hydrogens (tertiary/aromatic N) is 3. The average molecular weight is 988 g/mol. The van der Waals surface area contributed by atoms with Gasteiger partial charge in [0.25, 0.3) is 11.8 Å². The van der Waals surface area contributed by atoms with Crippen LogP contribution in [0.1, 0.15) is 175 Å². The lowest BCUT2D eigenvalue weighted by molar-refractivity contribution is 0.0705. The molecule has 6 amide bonds. The zero-order chi connectivity index (χ0) is 49.8. The highest BCUT2D eigenvalue weighted by Crippen LogP contribution is 2.42. The summed E-state index contributed by atoms with van der Waals surface area (Å²) in [5, 5.41) is 20.9. The van der Waals surface area contributed by atoms with Crippen molar-refractivity contribution in [2.75, 3.05) is 63.1 Å². The summed E-state index contributed by atoms with van der Waals surface area (Å²) in [6.07, 6.45) is 20.2. The molecule has 2 atom stereocenters. The van der Waals surface area contributed by atoms with E-state index in [1.54, 1.807) is 0 Å². The Kier molecular flexibility index (Phi) is 18.3. The van der Waals surface area contributed by atoms with Gasteiger partial charge in [0.2, 0.25) is 0 Å². The third-order valence-corrected chi connectivity index (χ3v) is 15.8. The Bertz CT molecular complexity index is 2420. The Hall–Kier alpha value is -6.67. The molecule has 4 heterocycles. The lowest BCUT2D eigenvalue weighted by Crippen LogP contribution is -2.38. The number of rotatable bonds is 12. The SMILES string of the molecule is C.C#Cc1ccc(C2CCN(C(=O)c3ccc(C4CCC4)c(NC(=O)NC[C@H]4CCCO4)c3)CC2)cc1.N#Cc1ccc(C2CCN(C(=O)c3ccc(C4CCC4)c(NC(=O)NC[C@@H]4CCCO4)c3)CC2)cc1. The summed E-state index contributed by atoms with van der Waals surface area (Å²) in [5.74, 6) is 4.41. The molecule has 4 aromatic rings. The number of likely N-dealkylation sites (tertiary alicyclic amines) is 2. The molecule has 0 unspecified atom stereocenters. The molecule has 0 spiro atoms. The van der Waals surface area contributed by atoms with Gasteiger partial charge in [-0.1, -0.05) is 62.6 Å². The van der Waals surface area contributed by atoms with Crippen molar-refractivity contribution >= 4 is 35.3 Å². The van der Waals surface area contributed by atoms with E-state index in [0.29, 0.717) is 66.5 Å². The van der Waals surface area contributed by atoms with Crippen LogP contribution in [0.5, 0.6) is 0 Å². The number of urea groups is 2. The molecule has 4 aliphatic heterocycles. The Morgan fingerprint density at radius 3 is 1.29 bits per heavy atom. The number of hydrogen-bond donors (Lipinski definition) is 4. The summed E-state index contributed by atoms with van der Waals surface area (Å²) in [6, 6.07) is 29.3. The van der Waals surface area contributed by atoms with Crippen LogP contribution in [0.4, 0.5) is 21.0 Å². The molecule has 0 aromatic heterocycles. The second-order valence-electron chi connectivity index (χ2n) is 20.4. The first-order valence-electron chi connectivity index (χ1n) is 26.5. The number of benzene rings is 4. The predicted molar refractivity (Wildman–Crippen MR) is 286 cm³/mol. The van der Waals surface area contributed by atoms with Crippen LogP contribution in [-0.2, 0) is 9.47 Å². The van der Waals surface area contributed by atoms with Crippen molar-refractivity contribution in [3.63, 3.8) is 0 Å². The highest BCUT2D eigenvalue weighted by Gasteiger charge is 2.30. The van der Waals surface area contributed by atoms with Gasteiger partial charge in [0.05, 0.1) is 23.8 Å². The van der Waals surface area contributed by atoms with Crippen molar-refractivity contribution < 1.29 is 28.7 Å². The first-order chi connectivity index (χ1) is 35.2. The molecule has 6 aliphatic rings. The molecule has 384 valence electrons. The van der Waals surface area contributed by atoms with Crippen LogP contribution in [0.15, 0.2) is 84.9 Å². The Labute approximate surface area is 432 Å². The first kappa shape index (κ1) is 52.6. The van der Waals surface area contributed by atoms with Crippen molar-refractivity contribution in [3.05, 3.63) is 129 Å². The van der Waals surface area contributed by atoms with E-state index in [9.17, 15) is 19.2 Å². The summed E-state index contributed by atoms with van der Waals surface area (Å²) >= 11 is 0. The number of nitriles is 1. The van der Waals surface area contributed by atoms with Crippen LogP contribution in [0, 0.1) is 23.7 Å². The fourth-order valence-electron chi connectivity index (χ4n) is 11.0. The van der Waals surface area contributed by atoms with E-state index in [2.05, 4.69) is 45.4 Å². The number of nitrogens with one attached hydrogen (secondary N) is 4. The Morgan fingerprint density at radius 2 is 0.945 bits per heavy atom. The second-order valence-corrected chi connectivity index (χ2v) is 20.4. The maximum absolute atomic E-state index is 13.4. The minimum absolute atomic E-state index is 0. The van der Waals surface area contributed by atoms with Crippen molar-refractivity contribution in [1.29, 1.82) is 5.26 Å². The Morgan fingerprint density at radius 1 is 0.534 bits per heavy atom. The first-order valence-corrected chi connectivity index (χ1v) is 26.5. The number of ether oxygens (including phenoxy) is 2. The number of hydrogen-bond acceptors (Lipinski definition) is 7. The number of anilines is 2. The average Bonchev–Trinajstić information content (AvgIpc) is 4.13. The zero-order valence-corrected chi connectivity index (χ0v) is 41.5. The molecule has 2 saturated carbocycles. The number of carbonyl (C=O) groups excluding carboxylic acids is 4. The predicted octanol–water partition coefficient (Wildman–Crippen LogP) is 11.0. The summed E-state index contributed by atoms with van der Waals surface area (Å²) in [6.45, 7) is 5.34. The summed E-state index contributed by atoms with van der Waals surface area (Å²) in [5.41, 5.74) is 9.04. The standard InChI is InChI=1S/C30H35N3O3.C29H34N4O3.CH4/c1-2-21-8-10-22(11-9-21)23-14-16-33(17-15-23)29(34)25-12-13-27(24-5-3-6-24)28(19-25)32-30(35)31-20-26-7-4-18-36-26;30-18-20-6-8-21(9-7-20)22-12-14-33(15-13-22)28(34)24-10-11-26(23-3-1-4-23)27(17-24)32-29(35)31-19-25-5-2-16-36-25;/h1,8-13,19,23-24,26H,3-7,14-18,20H2,(H2,31,32,35);6-11,17,22-23,25H,1-5,12-16,19H2,(H2,31,32,35);1H4/t26-;25-;/m10./s1. The molecule has 2 aliphatic carbocycles. The molecular formula is C60H73N7O6. The van der Waals surface area contributed by atoms with Gasteiger partial charge in [-0.2, -0.15) is 5.26 Å². The highest BCUT2D eigenvalue weighted by molar-refractivity contribution is 5.98. The summed E-state index contributed by atoms with van der Waals surface area (Å²) in [7, 11) is 0. The van der Waals surface area contributed by atoms with E-state index in [4.69, 9.17) is 21.2 Å². The van der Waals surface area contributed by atoms with Crippen molar-refractivity contribution in [2.45, 2.75) is 133 Å². The molecule has 73 heavy (non-hydrogen) atoms. The van der Waals surface area contributed by atoms with Gasteiger partial charge in [0, 0.05) is 80.5 Å². The van der Waals surface area contributed by atoms with Crippen LogP contribution < -0.4 is 21.3 Å².